The SMILES string of the molecule is CCOc1cc(/C=C2/SC(=O)N(CC(=O)O)C2=O)ccc1OCc1ccc([N+](=O)[O-])cc1. The van der Waals surface area contributed by atoms with Gasteiger partial charge in [0.25, 0.3) is 16.8 Å². The number of amides is 2. The van der Waals surface area contributed by atoms with Gasteiger partial charge in [0.05, 0.1) is 16.4 Å². The van der Waals surface area contributed by atoms with Crippen LogP contribution < -0.4 is 9.47 Å². The van der Waals surface area contributed by atoms with Gasteiger partial charge < -0.3 is 14.6 Å². The minimum atomic E-state index is -1.28. The average molecular weight is 458 g/mol. The molecule has 0 aliphatic carbocycles. The number of benzene rings is 2. The van der Waals surface area contributed by atoms with Crippen molar-refractivity contribution < 1.29 is 33.9 Å². The molecule has 1 heterocycles. The maximum Gasteiger partial charge on any atom is 0.323 e. The lowest BCUT2D eigenvalue weighted by Gasteiger charge is -2.13. The zero-order valence-corrected chi connectivity index (χ0v) is 17.7. The molecule has 1 aliphatic heterocycles. The van der Waals surface area contributed by atoms with Crippen LogP contribution in [0, 0.1) is 10.1 Å². The number of carbonyl (C=O) groups excluding carboxylic acids is 2. The van der Waals surface area contributed by atoms with E-state index in [0.717, 1.165) is 5.56 Å². The Balaban J connectivity index is 1.76. The summed E-state index contributed by atoms with van der Waals surface area (Å²) in [7, 11) is 0. The Hall–Kier alpha value is -3.86. The molecule has 0 aromatic heterocycles. The normalized spacial score (nSPS) is 14.7. The van der Waals surface area contributed by atoms with Crippen LogP contribution in [0.3, 0.4) is 0 Å². The summed E-state index contributed by atoms with van der Waals surface area (Å²) in [6.45, 7) is 1.61. The van der Waals surface area contributed by atoms with E-state index in [0.29, 0.717) is 40.3 Å². The van der Waals surface area contributed by atoms with Crippen molar-refractivity contribution in [3.05, 3.63) is 68.6 Å². The number of nitrogens with zero attached hydrogens (tertiary/aromatic N) is 2. The van der Waals surface area contributed by atoms with Gasteiger partial charge in [-0.05, 0) is 60.2 Å². The second-order valence-corrected chi connectivity index (χ2v) is 7.51. The molecule has 0 unspecified atom stereocenters. The maximum absolute atomic E-state index is 12.3. The summed E-state index contributed by atoms with van der Waals surface area (Å²) >= 11 is 0.668. The molecule has 2 aromatic rings. The molecule has 11 heteroatoms. The number of nitro groups is 1. The van der Waals surface area contributed by atoms with Gasteiger partial charge in [-0.2, -0.15) is 0 Å². The van der Waals surface area contributed by atoms with Crippen LogP contribution in [0.4, 0.5) is 10.5 Å². The first-order valence-corrected chi connectivity index (χ1v) is 10.2. The number of carboxylic acids is 1. The van der Waals surface area contributed by atoms with E-state index in [4.69, 9.17) is 14.6 Å². The fraction of sp³-hybridized carbons (Fsp3) is 0.190. The third kappa shape index (κ3) is 5.43. The highest BCUT2D eigenvalue weighted by Crippen LogP contribution is 2.35. The molecule has 166 valence electrons. The van der Waals surface area contributed by atoms with Crippen LogP contribution >= 0.6 is 11.8 Å². The number of nitro benzene ring substituents is 1. The van der Waals surface area contributed by atoms with E-state index < -0.39 is 28.6 Å². The smallest absolute Gasteiger partial charge is 0.323 e. The first-order valence-electron chi connectivity index (χ1n) is 9.38. The third-order valence-electron chi connectivity index (χ3n) is 4.27. The Labute approximate surface area is 186 Å². The Kier molecular flexibility index (Phi) is 7.11. The highest BCUT2D eigenvalue weighted by molar-refractivity contribution is 8.18. The largest absolute Gasteiger partial charge is 0.490 e. The molecular formula is C21H18N2O8S. The van der Waals surface area contributed by atoms with Crippen molar-refractivity contribution in [2.45, 2.75) is 13.5 Å². The maximum atomic E-state index is 12.3. The van der Waals surface area contributed by atoms with Crippen LogP contribution in [0.1, 0.15) is 18.1 Å². The van der Waals surface area contributed by atoms with Crippen LogP contribution in [0.2, 0.25) is 0 Å². The zero-order chi connectivity index (χ0) is 23.3. The van der Waals surface area contributed by atoms with Gasteiger partial charge in [0.1, 0.15) is 13.2 Å². The molecule has 0 radical (unpaired) electrons. The lowest BCUT2D eigenvalue weighted by molar-refractivity contribution is -0.384. The monoisotopic (exact) mass is 458 g/mol. The Morgan fingerprint density at radius 2 is 1.88 bits per heavy atom. The van der Waals surface area contributed by atoms with Gasteiger partial charge in [0, 0.05) is 12.1 Å². The standard InChI is InChI=1S/C21H18N2O8S/c1-2-30-17-9-14(10-18-20(26)22(11-19(24)25)21(27)32-18)5-8-16(17)31-12-13-3-6-15(7-4-13)23(28)29/h3-10H,2,11-12H2,1H3,(H,24,25)/b18-10+. The molecular weight excluding hydrogens is 440 g/mol. The van der Waals surface area contributed by atoms with Crippen molar-refractivity contribution in [3.63, 3.8) is 0 Å². The van der Waals surface area contributed by atoms with Gasteiger partial charge in [-0.1, -0.05) is 6.07 Å². The number of carbonyl (C=O) groups is 3. The summed E-state index contributed by atoms with van der Waals surface area (Å²) in [6, 6.07) is 10.9. The zero-order valence-electron chi connectivity index (χ0n) is 16.8. The minimum absolute atomic E-state index is 0.0131. The van der Waals surface area contributed by atoms with Gasteiger partial charge >= 0.3 is 5.97 Å². The number of carboxylic acid groups (broad SMARTS) is 1. The molecule has 2 amide bonds. The number of rotatable bonds is 9. The molecule has 2 aromatic carbocycles. The quantitative estimate of drug-likeness (QED) is 0.339. The first-order chi connectivity index (χ1) is 15.3. The van der Waals surface area contributed by atoms with Crippen LogP contribution in [0.25, 0.3) is 6.08 Å². The van der Waals surface area contributed by atoms with Gasteiger partial charge in [0.15, 0.2) is 11.5 Å². The number of non-ortho nitro benzene ring substituents is 1. The molecule has 0 saturated carbocycles. The predicted octanol–water partition coefficient (Wildman–Crippen LogP) is 3.69. The van der Waals surface area contributed by atoms with Crippen molar-refractivity contribution in [1.82, 2.24) is 4.90 Å². The molecule has 1 fully saturated rings. The number of imide groups is 1. The van der Waals surface area contributed by atoms with Gasteiger partial charge in [0.2, 0.25) is 0 Å². The van der Waals surface area contributed by atoms with Crippen molar-refractivity contribution in [1.29, 1.82) is 0 Å². The summed E-state index contributed by atoms with van der Waals surface area (Å²) in [5.74, 6) is -1.10. The molecule has 0 spiro atoms. The van der Waals surface area contributed by atoms with E-state index >= 15 is 0 Å². The molecule has 10 nitrogen and oxygen atoms in total. The topological polar surface area (TPSA) is 136 Å². The minimum Gasteiger partial charge on any atom is -0.490 e. The van der Waals surface area contributed by atoms with Crippen LogP contribution in [-0.2, 0) is 16.2 Å². The van der Waals surface area contributed by atoms with Crippen LogP contribution in [-0.4, -0.2) is 45.2 Å². The molecule has 32 heavy (non-hydrogen) atoms. The van der Waals surface area contributed by atoms with Crippen LogP contribution in [0.5, 0.6) is 11.5 Å². The molecule has 3 rings (SSSR count). The highest BCUT2D eigenvalue weighted by atomic mass is 32.2. The van der Waals surface area contributed by atoms with Gasteiger partial charge in [-0.25, -0.2) is 0 Å². The summed E-state index contributed by atoms with van der Waals surface area (Å²) < 4.78 is 11.4. The molecule has 1 aliphatic rings. The number of hydrogen-bond donors (Lipinski definition) is 1. The summed E-state index contributed by atoms with van der Waals surface area (Å²) in [6.07, 6.45) is 1.48. The molecule has 0 bridgehead atoms. The summed E-state index contributed by atoms with van der Waals surface area (Å²) in [5, 5.41) is 19.0. The fourth-order valence-electron chi connectivity index (χ4n) is 2.80. The predicted molar refractivity (Wildman–Crippen MR) is 115 cm³/mol. The van der Waals surface area contributed by atoms with Crippen molar-refractivity contribution in [2.24, 2.45) is 0 Å². The average Bonchev–Trinajstić information content (AvgIpc) is 3.00. The number of hydrogen-bond acceptors (Lipinski definition) is 8. The van der Waals surface area contributed by atoms with Crippen LogP contribution in [0.15, 0.2) is 47.4 Å². The lowest BCUT2D eigenvalue weighted by Crippen LogP contribution is -2.33. The van der Waals surface area contributed by atoms with Crippen molar-refractivity contribution in [2.75, 3.05) is 13.2 Å². The molecule has 0 atom stereocenters. The van der Waals surface area contributed by atoms with Crippen molar-refractivity contribution >= 4 is 40.6 Å². The highest BCUT2D eigenvalue weighted by Gasteiger charge is 2.36. The summed E-state index contributed by atoms with van der Waals surface area (Å²) in [5.41, 5.74) is 1.28. The van der Waals surface area contributed by atoms with E-state index in [-0.39, 0.29) is 17.2 Å². The number of thioether (sulfide) groups is 1. The Morgan fingerprint density at radius 1 is 1.16 bits per heavy atom. The second-order valence-electron chi connectivity index (χ2n) is 6.51. The van der Waals surface area contributed by atoms with E-state index in [1.54, 1.807) is 37.3 Å². The second kappa shape index (κ2) is 9.96. The van der Waals surface area contributed by atoms with Gasteiger partial charge in [-0.3, -0.25) is 29.4 Å². The Morgan fingerprint density at radius 3 is 2.50 bits per heavy atom. The van der Waals surface area contributed by atoms with E-state index in [1.165, 1.54) is 18.2 Å². The van der Waals surface area contributed by atoms with E-state index in [1.807, 2.05) is 0 Å². The lowest BCUT2D eigenvalue weighted by atomic mass is 10.1. The number of ether oxygens (including phenoxy) is 2. The molecule has 1 saturated heterocycles. The molecule has 1 N–H and O–H groups in total. The summed E-state index contributed by atoms with van der Waals surface area (Å²) in [4.78, 5) is 46.1. The van der Waals surface area contributed by atoms with E-state index in [2.05, 4.69) is 0 Å². The Bertz CT molecular complexity index is 1100. The third-order valence-corrected chi connectivity index (χ3v) is 5.18. The first kappa shape index (κ1) is 22.8. The fourth-order valence-corrected chi connectivity index (χ4v) is 3.64. The van der Waals surface area contributed by atoms with Crippen molar-refractivity contribution in [3.8, 4) is 11.5 Å². The van der Waals surface area contributed by atoms with E-state index in [9.17, 15) is 24.5 Å². The van der Waals surface area contributed by atoms with Gasteiger partial charge in [-0.15, -0.1) is 0 Å². The number of aliphatic carboxylic acids is 1.